The van der Waals surface area contributed by atoms with Crippen molar-refractivity contribution in [2.75, 3.05) is 5.32 Å². The molecule has 0 spiro atoms. The average Bonchev–Trinajstić information content (AvgIpc) is 2.70. The molecule has 0 fully saturated rings. The van der Waals surface area contributed by atoms with E-state index in [0.717, 1.165) is 23.6 Å². The summed E-state index contributed by atoms with van der Waals surface area (Å²) in [5, 5.41) is 4.14. The van der Waals surface area contributed by atoms with Gasteiger partial charge < -0.3 is 5.32 Å². The van der Waals surface area contributed by atoms with Crippen LogP contribution in [0.2, 0.25) is 5.02 Å². The van der Waals surface area contributed by atoms with Crippen molar-refractivity contribution >= 4 is 17.3 Å². The molecule has 0 aromatic heterocycles. The van der Waals surface area contributed by atoms with Gasteiger partial charge in [0.15, 0.2) is 0 Å². The van der Waals surface area contributed by atoms with Crippen LogP contribution >= 0.6 is 11.6 Å². The normalized spacial score (nSPS) is 17.6. The molecule has 3 heteroatoms. The van der Waals surface area contributed by atoms with E-state index in [1.54, 1.807) is 6.07 Å². The minimum Gasteiger partial charge on any atom is -0.382 e. The molecule has 3 rings (SSSR count). The van der Waals surface area contributed by atoms with E-state index in [1.807, 2.05) is 18.2 Å². The Hall–Kier alpha value is -1.54. The lowest BCUT2D eigenvalue weighted by atomic mass is 10.1. The minimum atomic E-state index is -0.210. The molecule has 0 amide bonds. The molecule has 0 saturated heterocycles. The smallest absolute Gasteiger partial charge is 0.125 e. The average molecular weight is 262 g/mol. The van der Waals surface area contributed by atoms with E-state index in [1.165, 1.54) is 23.3 Å². The topological polar surface area (TPSA) is 12.0 Å². The third-order valence-electron chi connectivity index (χ3n) is 3.30. The van der Waals surface area contributed by atoms with Crippen molar-refractivity contribution in [1.82, 2.24) is 0 Å². The van der Waals surface area contributed by atoms with E-state index < -0.39 is 0 Å². The number of anilines is 1. The van der Waals surface area contributed by atoms with E-state index in [-0.39, 0.29) is 5.82 Å². The maximum absolute atomic E-state index is 13.1. The molecule has 1 unspecified atom stereocenters. The van der Waals surface area contributed by atoms with Crippen LogP contribution in [0.4, 0.5) is 10.1 Å². The molecular weight excluding hydrogens is 249 g/mol. The summed E-state index contributed by atoms with van der Waals surface area (Å²) in [6, 6.07) is 12.9. The first kappa shape index (κ1) is 11.5. The van der Waals surface area contributed by atoms with Gasteiger partial charge in [-0.2, -0.15) is 0 Å². The van der Waals surface area contributed by atoms with Gasteiger partial charge in [-0.25, -0.2) is 4.39 Å². The zero-order valence-corrected chi connectivity index (χ0v) is 10.5. The molecule has 18 heavy (non-hydrogen) atoms. The van der Waals surface area contributed by atoms with Crippen LogP contribution in [-0.4, -0.2) is 6.04 Å². The largest absolute Gasteiger partial charge is 0.382 e. The highest BCUT2D eigenvalue weighted by atomic mass is 35.5. The number of rotatable bonds is 2. The Balaban J connectivity index is 1.74. The van der Waals surface area contributed by atoms with Gasteiger partial charge in [0.05, 0.1) is 0 Å². The van der Waals surface area contributed by atoms with Gasteiger partial charge in [0.1, 0.15) is 5.82 Å². The first-order valence-electron chi connectivity index (χ1n) is 6.00. The van der Waals surface area contributed by atoms with Crippen LogP contribution in [0.1, 0.15) is 11.1 Å². The van der Waals surface area contributed by atoms with Crippen molar-refractivity contribution in [2.45, 2.75) is 18.9 Å². The summed E-state index contributed by atoms with van der Waals surface area (Å²) in [4.78, 5) is 0. The first-order valence-corrected chi connectivity index (χ1v) is 6.38. The molecule has 1 aliphatic carbocycles. The third kappa shape index (κ3) is 2.34. The maximum Gasteiger partial charge on any atom is 0.125 e. The lowest BCUT2D eigenvalue weighted by Gasteiger charge is -2.13. The Morgan fingerprint density at radius 1 is 1.06 bits per heavy atom. The van der Waals surface area contributed by atoms with Crippen LogP contribution in [-0.2, 0) is 12.8 Å². The van der Waals surface area contributed by atoms with Crippen molar-refractivity contribution in [1.29, 1.82) is 0 Å². The lowest BCUT2D eigenvalue weighted by molar-refractivity contribution is 0.627. The number of hydrogen-bond donors (Lipinski definition) is 1. The van der Waals surface area contributed by atoms with Crippen LogP contribution in [0.5, 0.6) is 0 Å². The highest BCUT2D eigenvalue weighted by Crippen LogP contribution is 2.27. The maximum atomic E-state index is 13.1. The van der Waals surface area contributed by atoms with E-state index in [0.29, 0.717) is 6.04 Å². The van der Waals surface area contributed by atoms with Crippen molar-refractivity contribution in [2.24, 2.45) is 0 Å². The zero-order valence-electron chi connectivity index (χ0n) is 9.79. The molecule has 1 nitrogen and oxygen atoms in total. The molecule has 0 aliphatic heterocycles. The number of hydrogen-bond acceptors (Lipinski definition) is 1. The molecule has 2 aromatic rings. The molecule has 0 heterocycles. The summed E-state index contributed by atoms with van der Waals surface area (Å²) < 4.78 is 13.1. The Morgan fingerprint density at radius 3 is 2.72 bits per heavy atom. The Kier molecular flexibility index (Phi) is 2.96. The van der Waals surface area contributed by atoms with Crippen LogP contribution in [0.25, 0.3) is 0 Å². The molecule has 1 atom stereocenters. The van der Waals surface area contributed by atoms with E-state index in [4.69, 9.17) is 11.6 Å². The van der Waals surface area contributed by atoms with E-state index in [9.17, 15) is 4.39 Å². The van der Waals surface area contributed by atoms with Crippen LogP contribution < -0.4 is 5.32 Å². The van der Waals surface area contributed by atoms with Gasteiger partial charge in [-0.3, -0.25) is 0 Å². The summed E-state index contributed by atoms with van der Waals surface area (Å²) in [6.07, 6.45) is 1.90. The molecule has 0 radical (unpaired) electrons. The van der Waals surface area contributed by atoms with Gasteiger partial charge in [-0.15, -0.1) is 0 Å². The SMILES string of the molecule is Fc1cccc(NC2Cc3ccc(Cl)cc3C2)c1. The van der Waals surface area contributed by atoms with Crippen molar-refractivity contribution in [3.05, 3.63) is 64.4 Å². The number of benzene rings is 2. The monoisotopic (exact) mass is 261 g/mol. The first-order chi connectivity index (χ1) is 8.70. The van der Waals surface area contributed by atoms with E-state index in [2.05, 4.69) is 11.4 Å². The Bertz CT molecular complexity index is 582. The Morgan fingerprint density at radius 2 is 1.89 bits per heavy atom. The highest BCUT2D eigenvalue weighted by molar-refractivity contribution is 6.30. The zero-order chi connectivity index (χ0) is 12.5. The summed E-state index contributed by atoms with van der Waals surface area (Å²) >= 11 is 5.98. The van der Waals surface area contributed by atoms with Crippen LogP contribution in [0, 0.1) is 5.82 Å². The molecule has 0 saturated carbocycles. The summed E-state index contributed by atoms with van der Waals surface area (Å²) in [5.41, 5.74) is 3.45. The fourth-order valence-electron chi connectivity index (χ4n) is 2.50. The minimum absolute atomic E-state index is 0.210. The second kappa shape index (κ2) is 4.62. The predicted octanol–water partition coefficient (Wildman–Crippen LogP) is 4.06. The highest BCUT2D eigenvalue weighted by Gasteiger charge is 2.21. The second-order valence-electron chi connectivity index (χ2n) is 4.67. The fourth-order valence-corrected chi connectivity index (χ4v) is 2.70. The van der Waals surface area contributed by atoms with E-state index >= 15 is 0 Å². The second-order valence-corrected chi connectivity index (χ2v) is 5.11. The third-order valence-corrected chi connectivity index (χ3v) is 3.53. The number of nitrogens with one attached hydrogen (secondary N) is 1. The quantitative estimate of drug-likeness (QED) is 0.860. The molecule has 92 valence electrons. The van der Waals surface area contributed by atoms with Gasteiger partial charge >= 0.3 is 0 Å². The van der Waals surface area contributed by atoms with Crippen LogP contribution in [0.3, 0.4) is 0 Å². The van der Waals surface area contributed by atoms with Gasteiger partial charge in [0.25, 0.3) is 0 Å². The van der Waals surface area contributed by atoms with Crippen molar-refractivity contribution in [3.8, 4) is 0 Å². The molecule has 1 aliphatic rings. The Labute approximate surface area is 111 Å². The lowest BCUT2D eigenvalue weighted by Crippen LogP contribution is -2.19. The molecule has 0 bridgehead atoms. The fraction of sp³-hybridized carbons (Fsp3) is 0.200. The van der Waals surface area contributed by atoms with Gasteiger partial charge in [-0.1, -0.05) is 23.7 Å². The number of halogens is 2. The van der Waals surface area contributed by atoms with Crippen molar-refractivity contribution in [3.63, 3.8) is 0 Å². The van der Waals surface area contributed by atoms with Gasteiger partial charge in [-0.05, 0) is 54.3 Å². The standard InChI is InChI=1S/C15H13ClFN/c16-12-5-4-10-7-15(8-11(10)6-12)18-14-3-1-2-13(17)9-14/h1-6,9,15,18H,7-8H2. The summed E-state index contributed by atoms with van der Waals surface area (Å²) in [6.45, 7) is 0. The molecule has 1 N–H and O–H groups in total. The molecule has 2 aromatic carbocycles. The molecular formula is C15H13ClFN. The van der Waals surface area contributed by atoms with Gasteiger partial charge in [0.2, 0.25) is 0 Å². The summed E-state index contributed by atoms with van der Waals surface area (Å²) in [7, 11) is 0. The van der Waals surface area contributed by atoms with Gasteiger partial charge in [0, 0.05) is 16.8 Å². The van der Waals surface area contributed by atoms with Crippen molar-refractivity contribution < 1.29 is 4.39 Å². The predicted molar refractivity (Wildman–Crippen MR) is 72.7 cm³/mol. The number of fused-ring (bicyclic) bond motifs is 1. The van der Waals surface area contributed by atoms with Crippen LogP contribution in [0.15, 0.2) is 42.5 Å². The summed E-state index contributed by atoms with van der Waals surface area (Å²) in [5.74, 6) is -0.210.